The number of carbonyl (C=O) groups is 1. The Hall–Kier alpha value is -4.41. The van der Waals surface area contributed by atoms with Gasteiger partial charge in [-0.3, -0.25) is 14.9 Å². The maximum absolute atomic E-state index is 12.6. The SMILES string of the molecule is Cc1ccc(NC(=O)c2ccn(-c3cccc([N+](=O)[O-])c3)n2)cc1-n1cnnn1. The number of nitro groups is 1. The van der Waals surface area contributed by atoms with E-state index in [0.29, 0.717) is 11.4 Å². The first kappa shape index (κ1) is 18.0. The lowest BCUT2D eigenvalue weighted by Crippen LogP contribution is -2.13. The van der Waals surface area contributed by atoms with Crippen molar-refractivity contribution in [2.45, 2.75) is 6.92 Å². The minimum atomic E-state index is -0.486. The first-order valence-corrected chi connectivity index (χ1v) is 8.47. The highest BCUT2D eigenvalue weighted by Gasteiger charge is 2.13. The number of rotatable bonds is 5. The number of aromatic nitrogens is 6. The maximum Gasteiger partial charge on any atom is 0.276 e. The number of nitrogens with zero attached hydrogens (tertiary/aromatic N) is 7. The average molecular weight is 390 g/mol. The molecule has 0 bridgehead atoms. The number of aryl methyl sites for hydroxylation is 1. The van der Waals surface area contributed by atoms with E-state index in [1.165, 1.54) is 33.9 Å². The van der Waals surface area contributed by atoms with Gasteiger partial charge in [0.05, 0.1) is 16.3 Å². The molecule has 2 heterocycles. The molecule has 0 saturated heterocycles. The predicted molar refractivity (Wildman–Crippen MR) is 102 cm³/mol. The van der Waals surface area contributed by atoms with Crippen LogP contribution in [0.15, 0.2) is 61.1 Å². The van der Waals surface area contributed by atoms with Gasteiger partial charge >= 0.3 is 0 Å². The molecular weight excluding hydrogens is 376 g/mol. The molecule has 0 fully saturated rings. The molecule has 0 unspecified atom stereocenters. The number of benzene rings is 2. The van der Waals surface area contributed by atoms with Crippen LogP contribution < -0.4 is 5.32 Å². The lowest BCUT2D eigenvalue weighted by atomic mass is 10.2. The normalized spacial score (nSPS) is 10.7. The van der Waals surface area contributed by atoms with Crippen LogP contribution in [0.1, 0.15) is 16.1 Å². The molecule has 1 amide bonds. The Kier molecular flexibility index (Phi) is 4.53. The highest BCUT2D eigenvalue weighted by molar-refractivity contribution is 6.03. The van der Waals surface area contributed by atoms with E-state index in [4.69, 9.17) is 0 Å². The summed E-state index contributed by atoms with van der Waals surface area (Å²) in [5.74, 6) is -0.416. The predicted octanol–water partition coefficient (Wildman–Crippen LogP) is 2.32. The van der Waals surface area contributed by atoms with Crippen LogP contribution in [0, 0.1) is 17.0 Å². The van der Waals surface area contributed by atoms with Crippen molar-refractivity contribution in [2.24, 2.45) is 0 Å². The van der Waals surface area contributed by atoms with Gasteiger partial charge in [-0.25, -0.2) is 9.36 Å². The van der Waals surface area contributed by atoms with E-state index < -0.39 is 10.8 Å². The van der Waals surface area contributed by atoms with Gasteiger partial charge in [-0.1, -0.05) is 12.1 Å². The van der Waals surface area contributed by atoms with Gasteiger partial charge in [-0.05, 0) is 47.2 Å². The summed E-state index contributed by atoms with van der Waals surface area (Å²) in [6.07, 6.45) is 3.03. The van der Waals surface area contributed by atoms with Crippen LogP contribution in [-0.2, 0) is 0 Å². The molecule has 4 rings (SSSR count). The number of amides is 1. The minimum absolute atomic E-state index is 0.0567. The van der Waals surface area contributed by atoms with E-state index >= 15 is 0 Å². The van der Waals surface area contributed by atoms with Crippen LogP contribution in [0.5, 0.6) is 0 Å². The Balaban J connectivity index is 1.55. The highest BCUT2D eigenvalue weighted by Crippen LogP contribution is 2.20. The average Bonchev–Trinajstić information content (AvgIpc) is 3.42. The molecule has 1 N–H and O–H groups in total. The van der Waals surface area contributed by atoms with Crippen molar-refractivity contribution in [1.82, 2.24) is 30.0 Å². The third-order valence-electron chi connectivity index (χ3n) is 4.19. The fourth-order valence-corrected chi connectivity index (χ4v) is 2.74. The van der Waals surface area contributed by atoms with E-state index in [9.17, 15) is 14.9 Å². The Labute approximate surface area is 163 Å². The van der Waals surface area contributed by atoms with Crippen molar-refractivity contribution in [2.75, 3.05) is 5.32 Å². The van der Waals surface area contributed by atoms with Gasteiger partial charge in [-0.2, -0.15) is 5.10 Å². The zero-order valence-electron chi connectivity index (χ0n) is 15.1. The molecule has 0 saturated carbocycles. The second-order valence-electron chi connectivity index (χ2n) is 6.13. The van der Waals surface area contributed by atoms with E-state index in [1.807, 2.05) is 13.0 Å². The lowest BCUT2D eigenvalue weighted by molar-refractivity contribution is -0.384. The molecule has 144 valence electrons. The van der Waals surface area contributed by atoms with Crippen molar-refractivity contribution >= 4 is 17.3 Å². The standard InChI is InChI=1S/C18H14N8O3/c1-12-5-6-13(9-17(12)25-11-19-22-23-25)20-18(27)16-7-8-24(21-16)14-3-2-4-15(10-14)26(28)29/h2-11H,1H3,(H,20,27). The first-order chi connectivity index (χ1) is 14.0. The fraction of sp³-hybridized carbons (Fsp3) is 0.0556. The van der Waals surface area contributed by atoms with E-state index in [2.05, 4.69) is 25.9 Å². The Bertz CT molecular complexity index is 1200. The van der Waals surface area contributed by atoms with Crippen LogP contribution in [0.4, 0.5) is 11.4 Å². The van der Waals surface area contributed by atoms with Crippen LogP contribution in [-0.4, -0.2) is 40.8 Å². The lowest BCUT2D eigenvalue weighted by Gasteiger charge is -2.08. The summed E-state index contributed by atoms with van der Waals surface area (Å²) in [7, 11) is 0. The van der Waals surface area contributed by atoms with E-state index in [1.54, 1.807) is 30.5 Å². The van der Waals surface area contributed by atoms with Crippen LogP contribution in [0.2, 0.25) is 0 Å². The van der Waals surface area contributed by atoms with Crippen molar-refractivity contribution in [1.29, 1.82) is 0 Å². The van der Waals surface area contributed by atoms with Gasteiger partial charge in [-0.15, -0.1) is 5.10 Å². The summed E-state index contributed by atoms with van der Waals surface area (Å²) in [6, 6.07) is 12.9. The second-order valence-corrected chi connectivity index (χ2v) is 6.13. The highest BCUT2D eigenvalue weighted by atomic mass is 16.6. The number of carbonyl (C=O) groups excluding carboxylic acids is 1. The molecule has 11 heteroatoms. The summed E-state index contributed by atoms with van der Waals surface area (Å²) < 4.78 is 2.91. The monoisotopic (exact) mass is 390 g/mol. The Morgan fingerprint density at radius 3 is 2.76 bits per heavy atom. The van der Waals surface area contributed by atoms with Crippen LogP contribution >= 0.6 is 0 Å². The van der Waals surface area contributed by atoms with Gasteiger partial charge in [0.2, 0.25) is 0 Å². The summed E-state index contributed by atoms with van der Waals surface area (Å²) in [4.78, 5) is 23.0. The second kappa shape index (κ2) is 7.31. The number of nitro benzene ring substituents is 1. The molecule has 0 spiro atoms. The summed E-state index contributed by atoms with van der Waals surface area (Å²) in [6.45, 7) is 1.91. The third kappa shape index (κ3) is 3.69. The summed E-state index contributed by atoms with van der Waals surface area (Å²) >= 11 is 0. The van der Waals surface area contributed by atoms with Crippen molar-refractivity contribution < 1.29 is 9.72 Å². The topological polar surface area (TPSA) is 134 Å². The molecule has 2 aromatic heterocycles. The Morgan fingerprint density at radius 2 is 2.00 bits per heavy atom. The summed E-state index contributed by atoms with van der Waals surface area (Å²) in [5, 5.41) is 29.0. The number of nitrogens with one attached hydrogen (secondary N) is 1. The molecule has 0 aliphatic carbocycles. The van der Waals surface area contributed by atoms with Crippen LogP contribution in [0.25, 0.3) is 11.4 Å². The van der Waals surface area contributed by atoms with Crippen molar-refractivity contribution in [3.63, 3.8) is 0 Å². The molecule has 0 radical (unpaired) electrons. The minimum Gasteiger partial charge on any atom is -0.321 e. The molecule has 0 aliphatic rings. The molecule has 0 atom stereocenters. The molecule has 29 heavy (non-hydrogen) atoms. The number of anilines is 1. The van der Waals surface area contributed by atoms with Crippen LogP contribution in [0.3, 0.4) is 0 Å². The third-order valence-corrected chi connectivity index (χ3v) is 4.19. The van der Waals surface area contributed by atoms with E-state index in [-0.39, 0.29) is 11.4 Å². The smallest absolute Gasteiger partial charge is 0.276 e. The van der Waals surface area contributed by atoms with Gasteiger partial charge in [0.25, 0.3) is 11.6 Å². The van der Waals surface area contributed by atoms with Gasteiger partial charge in [0.1, 0.15) is 6.33 Å². The van der Waals surface area contributed by atoms with Gasteiger partial charge < -0.3 is 5.32 Å². The Morgan fingerprint density at radius 1 is 1.14 bits per heavy atom. The van der Waals surface area contributed by atoms with Gasteiger partial charge in [0.15, 0.2) is 5.69 Å². The van der Waals surface area contributed by atoms with Gasteiger partial charge in [0, 0.05) is 24.0 Å². The number of hydrogen-bond acceptors (Lipinski definition) is 7. The molecular formula is C18H14N8O3. The molecule has 0 aliphatic heterocycles. The zero-order chi connectivity index (χ0) is 20.4. The quantitative estimate of drug-likeness (QED) is 0.408. The first-order valence-electron chi connectivity index (χ1n) is 8.47. The number of non-ortho nitro benzene ring substituents is 1. The maximum atomic E-state index is 12.6. The molecule has 2 aromatic carbocycles. The molecule has 4 aromatic rings. The largest absolute Gasteiger partial charge is 0.321 e. The zero-order valence-corrected chi connectivity index (χ0v) is 15.1. The van der Waals surface area contributed by atoms with Crippen molar-refractivity contribution in [3.05, 3.63) is 82.4 Å². The van der Waals surface area contributed by atoms with E-state index in [0.717, 1.165) is 11.3 Å². The molecule has 11 nitrogen and oxygen atoms in total. The summed E-state index contributed by atoms with van der Waals surface area (Å²) in [5.41, 5.74) is 2.81. The van der Waals surface area contributed by atoms with Crippen molar-refractivity contribution in [3.8, 4) is 11.4 Å². The number of tetrazole rings is 1. The number of hydrogen-bond donors (Lipinski definition) is 1. The fourth-order valence-electron chi connectivity index (χ4n) is 2.74.